The molecule has 1 aromatic heterocycles. The first kappa shape index (κ1) is 12.1. The predicted octanol–water partition coefficient (Wildman–Crippen LogP) is 0.934. The highest BCUT2D eigenvalue weighted by atomic mass is 16.5. The summed E-state index contributed by atoms with van der Waals surface area (Å²) in [5.74, 6) is 1.36. The molecule has 5 nitrogen and oxygen atoms in total. The van der Waals surface area contributed by atoms with E-state index in [0.29, 0.717) is 11.9 Å². The highest BCUT2D eigenvalue weighted by Crippen LogP contribution is 1.98. The van der Waals surface area contributed by atoms with E-state index in [4.69, 9.17) is 9.26 Å². The van der Waals surface area contributed by atoms with Crippen LogP contribution >= 0.6 is 0 Å². The van der Waals surface area contributed by atoms with Crippen LogP contribution in [0.15, 0.2) is 4.52 Å². The van der Waals surface area contributed by atoms with Crippen LogP contribution in [0.1, 0.15) is 25.6 Å². The van der Waals surface area contributed by atoms with Gasteiger partial charge in [-0.25, -0.2) is 0 Å². The molecule has 5 heteroatoms. The first-order chi connectivity index (χ1) is 7.13. The lowest BCUT2D eigenvalue weighted by Gasteiger charge is -2.19. The third kappa shape index (κ3) is 3.97. The van der Waals surface area contributed by atoms with Gasteiger partial charge in [0, 0.05) is 33.0 Å². The Morgan fingerprint density at radius 2 is 2.20 bits per heavy atom. The number of aromatic nitrogens is 2. The Morgan fingerprint density at radius 1 is 1.47 bits per heavy atom. The number of nitrogens with zero attached hydrogens (tertiary/aromatic N) is 2. The molecule has 0 fully saturated rings. The molecule has 1 heterocycles. The summed E-state index contributed by atoms with van der Waals surface area (Å²) in [5, 5.41) is 7.16. The molecule has 1 rings (SSSR count). The van der Waals surface area contributed by atoms with Crippen LogP contribution in [0.3, 0.4) is 0 Å². The minimum atomic E-state index is 0.206. The standard InChI is InChI=1S/C10H19N3O2/c1-7(8(2)14-4)11-6-5-10-12-9(3)15-13-10/h7-8,11H,5-6H2,1-4H3. The van der Waals surface area contributed by atoms with Crippen molar-refractivity contribution in [1.29, 1.82) is 0 Å². The topological polar surface area (TPSA) is 60.2 Å². The molecule has 0 radical (unpaired) electrons. The summed E-state index contributed by atoms with van der Waals surface area (Å²) in [7, 11) is 1.71. The molecule has 1 aromatic rings. The number of hydrogen-bond acceptors (Lipinski definition) is 5. The van der Waals surface area contributed by atoms with Gasteiger partial charge in [0.25, 0.3) is 0 Å². The monoisotopic (exact) mass is 213 g/mol. The van der Waals surface area contributed by atoms with Crippen molar-refractivity contribution < 1.29 is 9.26 Å². The zero-order valence-corrected chi connectivity index (χ0v) is 9.78. The molecular formula is C10H19N3O2. The molecule has 0 amide bonds. The minimum absolute atomic E-state index is 0.206. The van der Waals surface area contributed by atoms with Gasteiger partial charge in [-0.1, -0.05) is 5.16 Å². The van der Waals surface area contributed by atoms with Crippen molar-refractivity contribution in [3.63, 3.8) is 0 Å². The van der Waals surface area contributed by atoms with E-state index in [1.54, 1.807) is 14.0 Å². The fraction of sp³-hybridized carbons (Fsp3) is 0.800. The van der Waals surface area contributed by atoms with E-state index in [-0.39, 0.29) is 6.10 Å². The van der Waals surface area contributed by atoms with Crippen LogP contribution in [0.25, 0.3) is 0 Å². The maximum atomic E-state index is 5.21. The maximum Gasteiger partial charge on any atom is 0.223 e. The van der Waals surface area contributed by atoms with Gasteiger partial charge in [-0.2, -0.15) is 4.98 Å². The van der Waals surface area contributed by atoms with Crippen LogP contribution in [-0.4, -0.2) is 35.9 Å². The molecule has 86 valence electrons. The van der Waals surface area contributed by atoms with Crippen LogP contribution in [0.4, 0.5) is 0 Å². The van der Waals surface area contributed by atoms with Gasteiger partial charge in [-0.3, -0.25) is 0 Å². The zero-order valence-electron chi connectivity index (χ0n) is 9.78. The lowest BCUT2D eigenvalue weighted by Crippen LogP contribution is -2.37. The second-order valence-corrected chi connectivity index (χ2v) is 3.66. The number of hydrogen-bond donors (Lipinski definition) is 1. The smallest absolute Gasteiger partial charge is 0.223 e. The zero-order chi connectivity index (χ0) is 11.3. The van der Waals surface area contributed by atoms with Crippen LogP contribution in [-0.2, 0) is 11.2 Å². The quantitative estimate of drug-likeness (QED) is 0.762. The average molecular weight is 213 g/mol. The molecule has 2 unspecified atom stereocenters. The van der Waals surface area contributed by atoms with E-state index in [1.165, 1.54) is 0 Å². The lowest BCUT2D eigenvalue weighted by molar-refractivity contribution is 0.0889. The van der Waals surface area contributed by atoms with Crippen molar-refractivity contribution in [1.82, 2.24) is 15.5 Å². The first-order valence-corrected chi connectivity index (χ1v) is 5.19. The van der Waals surface area contributed by atoms with Crippen molar-refractivity contribution in [2.45, 2.75) is 39.3 Å². The summed E-state index contributed by atoms with van der Waals surface area (Å²) >= 11 is 0. The van der Waals surface area contributed by atoms with E-state index in [1.807, 2.05) is 6.92 Å². The molecular weight excluding hydrogens is 194 g/mol. The predicted molar refractivity (Wildman–Crippen MR) is 56.7 cm³/mol. The van der Waals surface area contributed by atoms with E-state index in [2.05, 4.69) is 22.4 Å². The van der Waals surface area contributed by atoms with Crippen molar-refractivity contribution in [2.75, 3.05) is 13.7 Å². The Morgan fingerprint density at radius 3 is 2.73 bits per heavy atom. The minimum Gasteiger partial charge on any atom is -0.380 e. The van der Waals surface area contributed by atoms with Gasteiger partial charge in [-0.05, 0) is 13.8 Å². The number of methoxy groups -OCH3 is 1. The second kappa shape index (κ2) is 5.82. The Hall–Kier alpha value is -0.940. The van der Waals surface area contributed by atoms with Gasteiger partial charge >= 0.3 is 0 Å². The Labute approximate surface area is 90.2 Å². The molecule has 0 bridgehead atoms. The van der Waals surface area contributed by atoms with Crippen molar-refractivity contribution in [3.8, 4) is 0 Å². The second-order valence-electron chi connectivity index (χ2n) is 3.66. The third-order valence-electron chi connectivity index (χ3n) is 2.46. The Kier molecular flexibility index (Phi) is 4.71. The lowest BCUT2D eigenvalue weighted by atomic mass is 10.2. The number of aryl methyl sites for hydroxylation is 1. The van der Waals surface area contributed by atoms with E-state index >= 15 is 0 Å². The molecule has 2 atom stereocenters. The molecule has 0 saturated carbocycles. The van der Waals surface area contributed by atoms with Gasteiger partial charge in [0.1, 0.15) is 0 Å². The number of nitrogens with one attached hydrogen (secondary N) is 1. The molecule has 1 N–H and O–H groups in total. The molecule has 0 spiro atoms. The van der Waals surface area contributed by atoms with Crippen LogP contribution < -0.4 is 5.32 Å². The molecule has 0 aromatic carbocycles. The summed E-state index contributed by atoms with van der Waals surface area (Å²) in [6, 6.07) is 0.322. The van der Waals surface area contributed by atoms with Crippen molar-refractivity contribution in [3.05, 3.63) is 11.7 Å². The SMILES string of the molecule is COC(C)C(C)NCCc1noc(C)n1. The first-order valence-electron chi connectivity index (χ1n) is 5.19. The fourth-order valence-electron chi connectivity index (χ4n) is 1.22. The largest absolute Gasteiger partial charge is 0.380 e. The van der Waals surface area contributed by atoms with Gasteiger partial charge in [0.05, 0.1) is 6.10 Å². The Bertz CT molecular complexity index is 288. The summed E-state index contributed by atoms with van der Waals surface area (Å²) < 4.78 is 10.1. The highest BCUT2D eigenvalue weighted by Gasteiger charge is 2.10. The molecule has 0 aliphatic carbocycles. The van der Waals surface area contributed by atoms with Gasteiger partial charge in [0.15, 0.2) is 5.82 Å². The fourth-order valence-corrected chi connectivity index (χ4v) is 1.22. The average Bonchev–Trinajstić information content (AvgIpc) is 2.63. The van der Waals surface area contributed by atoms with Gasteiger partial charge in [-0.15, -0.1) is 0 Å². The Balaban J connectivity index is 2.21. The summed E-state index contributed by atoms with van der Waals surface area (Å²) in [6.07, 6.45) is 0.981. The number of ether oxygens (including phenoxy) is 1. The summed E-state index contributed by atoms with van der Waals surface area (Å²) in [4.78, 5) is 4.12. The molecule has 0 aliphatic rings. The maximum absolute atomic E-state index is 5.21. The van der Waals surface area contributed by atoms with E-state index in [0.717, 1.165) is 18.8 Å². The summed E-state index contributed by atoms with van der Waals surface area (Å²) in [6.45, 7) is 6.75. The normalized spacial score (nSPS) is 15.2. The van der Waals surface area contributed by atoms with Gasteiger partial charge < -0.3 is 14.6 Å². The van der Waals surface area contributed by atoms with Crippen molar-refractivity contribution >= 4 is 0 Å². The molecule has 15 heavy (non-hydrogen) atoms. The summed E-state index contributed by atoms with van der Waals surface area (Å²) in [5.41, 5.74) is 0. The van der Waals surface area contributed by atoms with Gasteiger partial charge in [0.2, 0.25) is 5.89 Å². The highest BCUT2D eigenvalue weighted by molar-refractivity contribution is 4.85. The molecule has 0 aliphatic heterocycles. The van der Waals surface area contributed by atoms with Crippen LogP contribution in [0.5, 0.6) is 0 Å². The molecule has 0 saturated heterocycles. The number of rotatable bonds is 6. The van der Waals surface area contributed by atoms with Crippen molar-refractivity contribution in [2.24, 2.45) is 0 Å². The van der Waals surface area contributed by atoms with Crippen LogP contribution in [0.2, 0.25) is 0 Å². The van der Waals surface area contributed by atoms with E-state index in [9.17, 15) is 0 Å². The third-order valence-corrected chi connectivity index (χ3v) is 2.46. The van der Waals surface area contributed by atoms with E-state index < -0.39 is 0 Å². The van der Waals surface area contributed by atoms with Crippen LogP contribution in [0, 0.1) is 6.92 Å².